The number of rotatable bonds is 4. The largest absolute Gasteiger partial charge is 0.493 e. The number of hydrogen-bond donors (Lipinski definition) is 1. The third-order valence-corrected chi connectivity index (χ3v) is 5.28. The summed E-state index contributed by atoms with van der Waals surface area (Å²) < 4.78 is 8.65. The van der Waals surface area contributed by atoms with E-state index in [-0.39, 0.29) is 18.2 Å². The lowest BCUT2D eigenvalue weighted by Crippen LogP contribution is -2.08. The molecule has 0 saturated carbocycles. The topological polar surface area (TPSA) is 76.2 Å². The standard InChI is InChI=1S/C19H17Br2N3O3/c1-10-7-13(20)18(14(21)8-10)27-9-15(25)22-23-16-12-6-4-5-11(2)17(12)24(3)19(16)26/h4-8,26H,9H2,1-3H3. The minimum atomic E-state index is -0.557. The molecule has 0 aliphatic heterocycles. The highest BCUT2D eigenvalue weighted by Gasteiger charge is 2.16. The zero-order chi connectivity index (χ0) is 19.7. The Morgan fingerprint density at radius 1 is 1.22 bits per heavy atom. The summed E-state index contributed by atoms with van der Waals surface area (Å²) in [6.45, 7) is 3.63. The van der Waals surface area contributed by atoms with E-state index in [9.17, 15) is 9.90 Å². The number of fused-ring (bicyclic) bond motifs is 1. The maximum atomic E-state index is 12.1. The van der Waals surface area contributed by atoms with Gasteiger partial charge in [-0.25, -0.2) is 0 Å². The van der Waals surface area contributed by atoms with E-state index < -0.39 is 5.91 Å². The second-order valence-corrected chi connectivity index (χ2v) is 7.85. The number of benzene rings is 2. The lowest BCUT2D eigenvalue weighted by Gasteiger charge is -2.09. The highest BCUT2D eigenvalue weighted by atomic mass is 79.9. The molecule has 2 aromatic carbocycles. The van der Waals surface area contributed by atoms with Gasteiger partial charge in [0, 0.05) is 12.4 Å². The average Bonchev–Trinajstić information content (AvgIpc) is 2.84. The van der Waals surface area contributed by atoms with E-state index in [1.165, 1.54) is 0 Å². The van der Waals surface area contributed by atoms with Crippen molar-refractivity contribution in [2.45, 2.75) is 13.8 Å². The molecule has 0 bridgehead atoms. The molecule has 6 nitrogen and oxygen atoms in total. The Bertz CT molecular complexity index is 1050. The minimum Gasteiger partial charge on any atom is -0.493 e. The summed E-state index contributed by atoms with van der Waals surface area (Å²) in [7, 11) is 1.74. The van der Waals surface area contributed by atoms with Crippen LogP contribution in [-0.2, 0) is 11.8 Å². The fraction of sp³-hybridized carbons (Fsp3) is 0.211. The lowest BCUT2D eigenvalue weighted by atomic mass is 10.1. The molecule has 0 spiro atoms. The smallest absolute Gasteiger partial charge is 0.302 e. The van der Waals surface area contributed by atoms with E-state index in [0.717, 1.165) is 31.0 Å². The summed E-state index contributed by atoms with van der Waals surface area (Å²) in [6.07, 6.45) is 0. The van der Waals surface area contributed by atoms with E-state index in [1.54, 1.807) is 11.6 Å². The first-order chi connectivity index (χ1) is 12.8. The number of aromatic nitrogens is 1. The first kappa shape index (κ1) is 19.6. The van der Waals surface area contributed by atoms with Crippen LogP contribution in [0.25, 0.3) is 10.9 Å². The molecule has 1 N–H and O–H groups in total. The number of aromatic hydroxyl groups is 1. The van der Waals surface area contributed by atoms with Gasteiger partial charge in [-0.3, -0.25) is 4.79 Å². The van der Waals surface area contributed by atoms with Crippen LogP contribution in [0.2, 0.25) is 0 Å². The van der Waals surface area contributed by atoms with Gasteiger partial charge >= 0.3 is 5.91 Å². The third-order valence-electron chi connectivity index (χ3n) is 4.10. The summed E-state index contributed by atoms with van der Waals surface area (Å²) >= 11 is 6.83. The van der Waals surface area contributed by atoms with Crippen molar-refractivity contribution in [1.82, 2.24) is 4.57 Å². The van der Waals surface area contributed by atoms with Gasteiger partial charge in [0.15, 0.2) is 12.3 Å². The van der Waals surface area contributed by atoms with Gasteiger partial charge in [-0.05, 0) is 69.0 Å². The molecular formula is C19H17Br2N3O3. The predicted molar refractivity (Wildman–Crippen MR) is 111 cm³/mol. The van der Waals surface area contributed by atoms with Crippen LogP contribution in [0.5, 0.6) is 11.6 Å². The molecule has 0 saturated heterocycles. The van der Waals surface area contributed by atoms with Crippen molar-refractivity contribution in [2.75, 3.05) is 6.61 Å². The predicted octanol–water partition coefficient (Wildman–Crippen LogP) is 5.72. The molecule has 0 fully saturated rings. The molecule has 0 unspecified atom stereocenters. The van der Waals surface area contributed by atoms with Crippen LogP contribution >= 0.6 is 31.9 Å². The minimum absolute atomic E-state index is 0.0409. The van der Waals surface area contributed by atoms with Gasteiger partial charge < -0.3 is 14.4 Å². The summed E-state index contributed by atoms with van der Waals surface area (Å²) in [5.74, 6) is -0.0768. The maximum absolute atomic E-state index is 12.1. The Labute approximate surface area is 173 Å². The van der Waals surface area contributed by atoms with Crippen LogP contribution in [-0.4, -0.2) is 22.2 Å². The molecule has 3 aromatic rings. The van der Waals surface area contributed by atoms with Crippen LogP contribution in [0, 0.1) is 13.8 Å². The Balaban J connectivity index is 1.80. The van der Waals surface area contributed by atoms with E-state index in [1.807, 2.05) is 44.2 Å². The van der Waals surface area contributed by atoms with Gasteiger partial charge in [0.25, 0.3) is 0 Å². The van der Waals surface area contributed by atoms with Gasteiger partial charge in [-0.1, -0.05) is 18.2 Å². The fourth-order valence-electron chi connectivity index (χ4n) is 2.87. The molecule has 8 heteroatoms. The molecule has 1 aromatic heterocycles. The van der Waals surface area contributed by atoms with E-state index in [0.29, 0.717) is 5.75 Å². The van der Waals surface area contributed by atoms with Crippen molar-refractivity contribution >= 4 is 54.4 Å². The van der Waals surface area contributed by atoms with E-state index in [2.05, 4.69) is 42.1 Å². The number of halogens is 2. The number of aryl methyl sites for hydroxylation is 3. The van der Waals surface area contributed by atoms with E-state index in [4.69, 9.17) is 4.74 Å². The van der Waals surface area contributed by atoms with Gasteiger partial charge in [0.05, 0.1) is 14.5 Å². The Morgan fingerprint density at radius 3 is 2.56 bits per heavy atom. The molecule has 27 heavy (non-hydrogen) atoms. The first-order valence-corrected chi connectivity index (χ1v) is 9.68. The van der Waals surface area contributed by atoms with E-state index >= 15 is 0 Å². The van der Waals surface area contributed by atoms with Crippen LogP contribution < -0.4 is 4.74 Å². The van der Waals surface area contributed by atoms with Crippen molar-refractivity contribution in [3.8, 4) is 11.6 Å². The molecule has 3 rings (SSSR count). The van der Waals surface area contributed by atoms with Crippen LogP contribution in [0.15, 0.2) is 49.5 Å². The average molecular weight is 495 g/mol. The van der Waals surface area contributed by atoms with Crippen molar-refractivity contribution in [3.63, 3.8) is 0 Å². The van der Waals surface area contributed by atoms with Crippen LogP contribution in [0.3, 0.4) is 0 Å². The van der Waals surface area contributed by atoms with Gasteiger partial charge in [0.1, 0.15) is 5.75 Å². The fourth-order valence-corrected chi connectivity index (χ4v) is 4.52. The number of ether oxygens (including phenoxy) is 1. The van der Waals surface area contributed by atoms with Crippen molar-refractivity contribution < 1.29 is 14.6 Å². The number of hydrogen-bond acceptors (Lipinski definition) is 4. The van der Waals surface area contributed by atoms with Crippen molar-refractivity contribution in [1.29, 1.82) is 0 Å². The summed E-state index contributed by atoms with van der Waals surface area (Å²) in [5.41, 5.74) is 3.16. The monoisotopic (exact) mass is 493 g/mol. The number of nitrogens with zero attached hydrogens (tertiary/aromatic N) is 3. The van der Waals surface area contributed by atoms with Crippen LogP contribution in [0.4, 0.5) is 5.69 Å². The highest BCUT2D eigenvalue weighted by molar-refractivity contribution is 9.11. The molecular weight excluding hydrogens is 478 g/mol. The first-order valence-electron chi connectivity index (χ1n) is 8.09. The normalized spacial score (nSPS) is 11.4. The zero-order valence-electron chi connectivity index (χ0n) is 15.0. The summed E-state index contributed by atoms with van der Waals surface area (Å²) in [5, 5.41) is 18.7. The SMILES string of the molecule is Cc1cc(Br)c(OCC(=O)N=Nc2c(O)n(C)c3c(C)cccc23)c(Br)c1. The van der Waals surface area contributed by atoms with Gasteiger partial charge in [-0.15, -0.1) is 10.2 Å². The molecule has 0 radical (unpaired) electrons. The zero-order valence-corrected chi connectivity index (χ0v) is 18.1. The molecule has 0 aliphatic carbocycles. The number of carbonyl (C=O) groups is 1. The van der Waals surface area contributed by atoms with Crippen LogP contribution in [0.1, 0.15) is 11.1 Å². The van der Waals surface area contributed by atoms with Crippen molar-refractivity contribution in [2.24, 2.45) is 17.3 Å². The number of amides is 1. The third kappa shape index (κ3) is 3.91. The Morgan fingerprint density at radius 2 is 1.89 bits per heavy atom. The molecule has 1 heterocycles. The summed E-state index contributed by atoms with van der Waals surface area (Å²) in [6, 6.07) is 9.43. The number of azo groups is 1. The van der Waals surface area contributed by atoms with Gasteiger partial charge in [0.2, 0.25) is 5.88 Å². The molecule has 140 valence electrons. The molecule has 0 aliphatic rings. The molecule has 1 amide bonds. The number of carbonyl (C=O) groups excluding carboxylic acids is 1. The lowest BCUT2D eigenvalue weighted by molar-refractivity contribution is -0.120. The maximum Gasteiger partial charge on any atom is 0.302 e. The second kappa shape index (κ2) is 7.82. The number of para-hydroxylation sites is 1. The Hall–Kier alpha value is -2.19. The molecule has 0 atom stereocenters. The second-order valence-electron chi connectivity index (χ2n) is 6.14. The summed E-state index contributed by atoms with van der Waals surface area (Å²) in [4.78, 5) is 12.1. The van der Waals surface area contributed by atoms with Crippen molar-refractivity contribution in [3.05, 3.63) is 50.4 Å². The van der Waals surface area contributed by atoms with Gasteiger partial charge in [-0.2, -0.15) is 0 Å². The quantitative estimate of drug-likeness (QED) is 0.471. The Kier molecular flexibility index (Phi) is 5.67. The highest BCUT2D eigenvalue weighted by Crippen LogP contribution is 2.39.